The van der Waals surface area contributed by atoms with Crippen LogP contribution in [0.3, 0.4) is 0 Å². The van der Waals surface area contributed by atoms with E-state index >= 15 is 0 Å². The Morgan fingerprint density at radius 2 is 1.94 bits per heavy atom. The van der Waals surface area contributed by atoms with Gasteiger partial charge in [0.05, 0.1) is 0 Å². The topological polar surface area (TPSA) is 29.3 Å². The van der Waals surface area contributed by atoms with Crippen LogP contribution in [0.15, 0.2) is 11.6 Å². The van der Waals surface area contributed by atoms with Crippen molar-refractivity contribution in [3.8, 4) is 0 Å². The Morgan fingerprint density at radius 3 is 2.41 bits per heavy atom. The summed E-state index contributed by atoms with van der Waals surface area (Å²) < 4.78 is 37.3. The Morgan fingerprint density at radius 1 is 1.29 bits per heavy atom. The van der Waals surface area contributed by atoms with E-state index < -0.39 is 6.18 Å². The van der Waals surface area contributed by atoms with E-state index in [9.17, 15) is 13.2 Å². The van der Waals surface area contributed by atoms with Crippen LogP contribution < -0.4 is 5.73 Å². The standard InChI is InChI=1S/C12H19F3N2/c13-12(14,15)10-3-7-17(8-4-10)9-11(16)5-1-2-6-11/h3H,1-2,4-9,16H2. The molecule has 0 atom stereocenters. The number of hydrogen-bond donors (Lipinski definition) is 1. The van der Waals surface area contributed by atoms with Crippen molar-refractivity contribution in [2.24, 2.45) is 5.73 Å². The molecule has 0 aromatic rings. The average Bonchev–Trinajstić information content (AvgIpc) is 2.64. The van der Waals surface area contributed by atoms with Gasteiger partial charge in [-0.2, -0.15) is 13.2 Å². The number of nitrogens with zero attached hydrogens (tertiary/aromatic N) is 1. The molecule has 1 saturated carbocycles. The monoisotopic (exact) mass is 248 g/mol. The first-order chi connectivity index (χ1) is 7.89. The molecule has 0 amide bonds. The summed E-state index contributed by atoms with van der Waals surface area (Å²) in [7, 11) is 0. The Hall–Kier alpha value is -0.550. The lowest BCUT2D eigenvalue weighted by atomic mass is 9.97. The lowest BCUT2D eigenvalue weighted by Crippen LogP contribution is -2.49. The smallest absolute Gasteiger partial charge is 0.324 e. The van der Waals surface area contributed by atoms with Gasteiger partial charge in [-0.25, -0.2) is 0 Å². The fourth-order valence-corrected chi connectivity index (χ4v) is 2.79. The van der Waals surface area contributed by atoms with Crippen LogP contribution in [0, 0.1) is 0 Å². The van der Waals surface area contributed by atoms with Crippen molar-refractivity contribution < 1.29 is 13.2 Å². The van der Waals surface area contributed by atoms with Gasteiger partial charge in [-0.3, -0.25) is 4.90 Å². The molecule has 1 fully saturated rings. The predicted molar refractivity (Wildman–Crippen MR) is 60.6 cm³/mol. The van der Waals surface area contributed by atoms with Gasteiger partial charge in [-0.1, -0.05) is 18.9 Å². The van der Waals surface area contributed by atoms with Crippen molar-refractivity contribution in [1.29, 1.82) is 0 Å². The van der Waals surface area contributed by atoms with Crippen molar-refractivity contribution in [1.82, 2.24) is 4.90 Å². The van der Waals surface area contributed by atoms with E-state index in [0.717, 1.165) is 32.2 Å². The zero-order valence-electron chi connectivity index (χ0n) is 9.89. The lowest BCUT2D eigenvalue weighted by Gasteiger charge is -2.34. The third-order valence-electron chi connectivity index (χ3n) is 3.80. The highest BCUT2D eigenvalue weighted by atomic mass is 19.4. The summed E-state index contributed by atoms with van der Waals surface area (Å²) in [4.78, 5) is 2.04. The highest BCUT2D eigenvalue weighted by Gasteiger charge is 2.36. The van der Waals surface area contributed by atoms with Gasteiger partial charge in [0, 0.05) is 30.7 Å². The third kappa shape index (κ3) is 3.22. The molecule has 2 rings (SSSR count). The van der Waals surface area contributed by atoms with E-state index in [0.29, 0.717) is 13.1 Å². The van der Waals surface area contributed by atoms with E-state index in [1.165, 1.54) is 6.08 Å². The molecule has 98 valence electrons. The molecule has 0 saturated heterocycles. The second-order valence-corrected chi connectivity index (χ2v) is 5.28. The molecule has 5 heteroatoms. The Labute approximate surface area is 99.6 Å². The van der Waals surface area contributed by atoms with Crippen molar-refractivity contribution in [3.63, 3.8) is 0 Å². The van der Waals surface area contributed by atoms with Crippen LogP contribution in [-0.4, -0.2) is 36.2 Å². The zero-order valence-corrected chi connectivity index (χ0v) is 9.89. The largest absolute Gasteiger partial charge is 0.412 e. The van der Waals surface area contributed by atoms with Crippen LogP contribution in [0.5, 0.6) is 0 Å². The molecule has 1 heterocycles. The maximum absolute atomic E-state index is 12.4. The normalized spacial score (nSPS) is 26.0. The maximum atomic E-state index is 12.4. The minimum Gasteiger partial charge on any atom is -0.324 e. The summed E-state index contributed by atoms with van der Waals surface area (Å²) in [6.45, 7) is 1.59. The van der Waals surface area contributed by atoms with E-state index in [4.69, 9.17) is 5.73 Å². The summed E-state index contributed by atoms with van der Waals surface area (Å²) >= 11 is 0. The highest BCUT2D eigenvalue weighted by Crippen LogP contribution is 2.32. The van der Waals surface area contributed by atoms with E-state index in [1.54, 1.807) is 0 Å². The quantitative estimate of drug-likeness (QED) is 0.761. The Kier molecular flexibility index (Phi) is 3.50. The molecule has 17 heavy (non-hydrogen) atoms. The molecule has 2 aliphatic rings. The summed E-state index contributed by atoms with van der Waals surface area (Å²) in [5.74, 6) is 0. The van der Waals surface area contributed by atoms with Gasteiger partial charge in [-0.05, 0) is 19.3 Å². The van der Waals surface area contributed by atoms with Crippen molar-refractivity contribution >= 4 is 0 Å². The van der Waals surface area contributed by atoms with Crippen LogP contribution in [0.25, 0.3) is 0 Å². The third-order valence-corrected chi connectivity index (χ3v) is 3.80. The van der Waals surface area contributed by atoms with E-state index in [1.807, 2.05) is 4.90 Å². The van der Waals surface area contributed by atoms with Crippen LogP contribution in [-0.2, 0) is 0 Å². The number of alkyl halides is 3. The van der Waals surface area contributed by atoms with Gasteiger partial charge in [0.15, 0.2) is 0 Å². The number of rotatable bonds is 2. The zero-order chi connectivity index (χ0) is 12.5. The first kappa shape index (κ1) is 12.9. The van der Waals surface area contributed by atoms with Gasteiger partial charge in [0.1, 0.15) is 0 Å². The van der Waals surface area contributed by atoms with Gasteiger partial charge < -0.3 is 5.73 Å². The second-order valence-electron chi connectivity index (χ2n) is 5.28. The first-order valence-corrected chi connectivity index (χ1v) is 6.17. The summed E-state index contributed by atoms with van der Waals surface area (Å²) in [5.41, 5.74) is 5.68. The lowest BCUT2D eigenvalue weighted by molar-refractivity contribution is -0.0961. The van der Waals surface area contributed by atoms with Crippen LogP contribution >= 0.6 is 0 Å². The van der Waals surface area contributed by atoms with Crippen LogP contribution in [0.2, 0.25) is 0 Å². The minimum atomic E-state index is -4.15. The molecule has 0 aromatic heterocycles. The fourth-order valence-electron chi connectivity index (χ4n) is 2.79. The SMILES string of the molecule is NC1(CN2CC=C(C(F)(F)F)CC2)CCCC1. The molecule has 1 aliphatic carbocycles. The van der Waals surface area contributed by atoms with E-state index in [-0.39, 0.29) is 17.5 Å². The van der Waals surface area contributed by atoms with Crippen molar-refractivity contribution in [2.45, 2.75) is 43.8 Å². The summed E-state index contributed by atoms with van der Waals surface area (Å²) in [5, 5.41) is 0. The molecule has 2 nitrogen and oxygen atoms in total. The molecular formula is C12H19F3N2. The molecular weight excluding hydrogens is 229 g/mol. The van der Waals surface area contributed by atoms with Gasteiger partial charge in [0.2, 0.25) is 0 Å². The van der Waals surface area contributed by atoms with Gasteiger partial charge in [-0.15, -0.1) is 0 Å². The maximum Gasteiger partial charge on any atom is 0.412 e. The fraction of sp³-hybridized carbons (Fsp3) is 0.833. The molecule has 1 aliphatic heterocycles. The highest BCUT2D eigenvalue weighted by molar-refractivity contribution is 5.13. The van der Waals surface area contributed by atoms with Crippen molar-refractivity contribution in [2.75, 3.05) is 19.6 Å². The molecule has 0 unspecified atom stereocenters. The van der Waals surface area contributed by atoms with Gasteiger partial charge in [0.25, 0.3) is 0 Å². The van der Waals surface area contributed by atoms with Crippen molar-refractivity contribution in [3.05, 3.63) is 11.6 Å². The molecule has 0 spiro atoms. The second kappa shape index (κ2) is 4.61. The molecule has 0 radical (unpaired) electrons. The van der Waals surface area contributed by atoms with Crippen LogP contribution in [0.4, 0.5) is 13.2 Å². The number of nitrogens with two attached hydrogens (primary N) is 1. The average molecular weight is 248 g/mol. The number of halogens is 3. The Balaban J connectivity index is 1.89. The Bertz CT molecular complexity index is 303. The summed E-state index contributed by atoms with van der Waals surface area (Å²) in [6.07, 6.45) is 1.54. The van der Waals surface area contributed by atoms with Gasteiger partial charge >= 0.3 is 6.18 Å². The first-order valence-electron chi connectivity index (χ1n) is 6.17. The minimum absolute atomic E-state index is 0.0968. The van der Waals surface area contributed by atoms with E-state index in [2.05, 4.69) is 0 Å². The molecule has 2 N–H and O–H groups in total. The summed E-state index contributed by atoms with van der Waals surface area (Å²) in [6, 6.07) is 0. The molecule has 0 aromatic carbocycles. The predicted octanol–water partition coefficient (Wildman–Crippen LogP) is 2.45. The molecule has 0 bridgehead atoms. The number of hydrogen-bond acceptors (Lipinski definition) is 2. The van der Waals surface area contributed by atoms with Crippen LogP contribution in [0.1, 0.15) is 32.1 Å².